The minimum absolute atomic E-state index is 0.0688. The molecule has 0 bridgehead atoms. The molecule has 2 aromatic heterocycles. The molecule has 0 saturated heterocycles. The molecular formula is C12H16N4O2S. The fraction of sp³-hybridized carbons (Fsp3) is 0.417. The molecule has 0 saturated carbocycles. The highest BCUT2D eigenvalue weighted by Crippen LogP contribution is 2.26. The maximum Gasteiger partial charge on any atom is 0.358 e. The quantitative estimate of drug-likeness (QED) is 0.823. The Kier molecular flexibility index (Phi) is 4.16. The van der Waals surface area contributed by atoms with Crippen LogP contribution in [-0.4, -0.2) is 27.8 Å². The summed E-state index contributed by atoms with van der Waals surface area (Å²) in [6.45, 7) is 5.99. The number of thiazole rings is 1. The fourth-order valence-corrected chi connectivity index (χ4v) is 2.50. The molecule has 19 heavy (non-hydrogen) atoms. The molecular weight excluding hydrogens is 264 g/mol. The normalized spacial score (nSPS) is 12.2. The molecule has 7 heteroatoms. The Bertz CT molecular complexity index is 550. The van der Waals surface area contributed by atoms with Crippen molar-refractivity contribution in [3.63, 3.8) is 0 Å². The van der Waals surface area contributed by atoms with Gasteiger partial charge < -0.3 is 10.1 Å². The largest absolute Gasteiger partial charge is 0.461 e. The molecule has 102 valence electrons. The van der Waals surface area contributed by atoms with Crippen molar-refractivity contribution in [3.8, 4) is 0 Å². The van der Waals surface area contributed by atoms with Crippen molar-refractivity contribution >= 4 is 22.4 Å². The average molecular weight is 280 g/mol. The van der Waals surface area contributed by atoms with Gasteiger partial charge in [0.15, 0.2) is 10.8 Å². The summed E-state index contributed by atoms with van der Waals surface area (Å²) in [5.41, 5.74) is 1.42. The number of esters is 1. The predicted octanol–water partition coefficient (Wildman–Crippen LogP) is 2.52. The summed E-state index contributed by atoms with van der Waals surface area (Å²) in [6, 6.07) is 0.0688. The van der Waals surface area contributed by atoms with Gasteiger partial charge in [-0.25, -0.2) is 9.78 Å². The van der Waals surface area contributed by atoms with E-state index in [1.807, 2.05) is 20.0 Å². The maximum absolute atomic E-state index is 11.7. The predicted molar refractivity (Wildman–Crippen MR) is 73.4 cm³/mol. The molecule has 0 radical (unpaired) electrons. The molecule has 2 N–H and O–H groups in total. The van der Waals surface area contributed by atoms with E-state index in [-0.39, 0.29) is 12.0 Å². The van der Waals surface area contributed by atoms with Crippen LogP contribution in [-0.2, 0) is 4.74 Å². The number of carbonyl (C=O) groups excluding carboxylic acids is 1. The third-order valence-corrected chi connectivity index (χ3v) is 3.53. The topological polar surface area (TPSA) is 79.9 Å². The van der Waals surface area contributed by atoms with Crippen LogP contribution in [0.3, 0.4) is 0 Å². The number of carbonyl (C=O) groups is 1. The number of rotatable bonds is 5. The summed E-state index contributed by atoms with van der Waals surface area (Å²) >= 11 is 1.44. The molecule has 0 aliphatic heterocycles. The Morgan fingerprint density at radius 1 is 1.63 bits per heavy atom. The van der Waals surface area contributed by atoms with Gasteiger partial charge in [0, 0.05) is 16.6 Å². The number of ether oxygens (including phenoxy) is 1. The van der Waals surface area contributed by atoms with E-state index in [9.17, 15) is 4.79 Å². The second-order valence-electron chi connectivity index (χ2n) is 4.04. The van der Waals surface area contributed by atoms with E-state index in [0.717, 1.165) is 10.4 Å². The molecule has 2 rings (SSSR count). The summed E-state index contributed by atoms with van der Waals surface area (Å²) in [5.74, 6) is -0.375. The summed E-state index contributed by atoms with van der Waals surface area (Å²) in [6.07, 6.45) is 3.58. The van der Waals surface area contributed by atoms with Gasteiger partial charge in [-0.3, -0.25) is 5.10 Å². The molecule has 0 spiro atoms. The summed E-state index contributed by atoms with van der Waals surface area (Å²) in [7, 11) is 0. The van der Waals surface area contributed by atoms with Crippen molar-refractivity contribution in [1.82, 2.24) is 15.2 Å². The summed E-state index contributed by atoms with van der Waals surface area (Å²) in [5, 5.41) is 10.6. The zero-order valence-electron chi connectivity index (χ0n) is 11.1. The summed E-state index contributed by atoms with van der Waals surface area (Å²) < 4.78 is 4.96. The highest BCUT2D eigenvalue weighted by Gasteiger charge is 2.17. The van der Waals surface area contributed by atoms with Crippen molar-refractivity contribution < 1.29 is 9.53 Å². The second-order valence-corrected chi connectivity index (χ2v) is 5.25. The summed E-state index contributed by atoms with van der Waals surface area (Å²) in [4.78, 5) is 16.8. The van der Waals surface area contributed by atoms with Gasteiger partial charge in [-0.2, -0.15) is 5.10 Å². The molecule has 0 aromatic carbocycles. The minimum Gasteiger partial charge on any atom is -0.461 e. The van der Waals surface area contributed by atoms with Crippen LogP contribution < -0.4 is 5.32 Å². The van der Waals surface area contributed by atoms with Crippen LogP contribution in [0.4, 0.5) is 5.13 Å². The first-order valence-electron chi connectivity index (χ1n) is 6.01. The van der Waals surface area contributed by atoms with E-state index in [2.05, 4.69) is 20.5 Å². The van der Waals surface area contributed by atoms with Gasteiger partial charge in [-0.1, -0.05) is 0 Å². The van der Waals surface area contributed by atoms with E-state index in [1.165, 1.54) is 11.3 Å². The lowest BCUT2D eigenvalue weighted by Gasteiger charge is -2.09. The van der Waals surface area contributed by atoms with E-state index < -0.39 is 0 Å². The number of aromatic amines is 1. The van der Waals surface area contributed by atoms with Gasteiger partial charge >= 0.3 is 5.97 Å². The Balaban J connectivity index is 2.10. The highest BCUT2D eigenvalue weighted by molar-refractivity contribution is 7.15. The first-order chi connectivity index (χ1) is 9.11. The first-order valence-corrected chi connectivity index (χ1v) is 6.83. The lowest BCUT2D eigenvalue weighted by molar-refractivity contribution is 0.0519. The molecule has 0 aliphatic rings. The van der Waals surface area contributed by atoms with Crippen LogP contribution in [0, 0.1) is 6.92 Å². The van der Waals surface area contributed by atoms with Crippen molar-refractivity contribution in [2.45, 2.75) is 26.8 Å². The zero-order chi connectivity index (χ0) is 13.8. The smallest absolute Gasteiger partial charge is 0.358 e. The molecule has 0 aliphatic carbocycles. The molecule has 1 atom stereocenters. The molecule has 1 unspecified atom stereocenters. The number of hydrogen-bond donors (Lipinski definition) is 2. The molecule has 2 heterocycles. The minimum atomic E-state index is -0.375. The highest BCUT2D eigenvalue weighted by atomic mass is 32.1. The standard InChI is InChI=1S/C12H16N4O2S/c1-4-18-11(17)10-8(3)19-12(16-10)15-7(2)9-5-13-14-6-9/h5-7H,4H2,1-3H3,(H,13,14)(H,15,16). The molecule has 0 fully saturated rings. The number of aromatic nitrogens is 3. The number of H-pyrrole nitrogens is 1. The molecule has 2 aromatic rings. The van der Waals surface area contributed by atoms with Crippen LogP contribution in [0.2, 0.25) is 0 Å². The van der Waals surface area contributed by atoms with Gasteiger partial charge in [-0.05, 0) is 20.8 Å². The van der Waals surface area contributed by atoms with Crippen molar-refractivity contribution in [3.05, 3.63) is 28.5 Å². The van der Waals surface area contributed by atoms with E-state index in [0.29, 0.717) is 17.4 Å². The van der Waals surface area contributed by atoms with Crippen LogP contribution in [0.1, 0.15) is 40.8 Å². The Hall–Kier alpha value is -1.89. The third kappa shape index (κ3) is 3.11. The Morgan fingerprint density at radius 2 is 2.42 bits per heavy atom. The van der Waals surface area contributed by atoms with Gasteiger partial charge in [0.2, 0.25) is 0 Å². The Morgan fingerprint density at radius 3 is 3.05 bits per heavy atom. The number of anilines is 1. The number of aryl methyl sites for hydroxylation is 1. The van der Waals surface area contributed by atoms with Gasteiger partial charge in [0.25, 0.3) is 0 Å². The maximum atomic E-state index is 11.7. The number of nitrogens with zero attached hydrogens (tertiary/aromatic N) is 2. The zero-order valence-corrected chi connectivity index (χ0v) is 11.9. The monoisotopic (exact) mass is 280 g/mol. The van der Waals surface area contributed by atoms with Gasteiger partial charge in [0.05, 0.1) is 18.8 Å². The van der Waals surface area contributed by atoms with E-state index >= 15 is 0 Å². The average Bonchev–Trinajstić information content (AvgIpc) is 2.99. The second kappa shape index (κ2) is 5.83. The van der Waals surface area contributed by atoms with E-state index in [1.54, 1.807) is 13.1 Å². The lowest BCUT2D eigenvalue weighted by atomic mass is 10.2. The number of hydrogen-bond acceptors (Lipinski definition) is 6. The van der Waals surface area contributed by atoms with Crippen LogP contribution in [0.25, 0.3) is 0 Å². The van der Waals surface area contributed by atoms with Crippen molar-refractivity contribution in [2.24, 2.45) is 0 Å². The lowest BCUT2D eigenvalue weighted by Crippen LogP contribution is -2.08. The SMILES string of the molecule is CCOC(=O)c1nc(NC(C)c2cn[nH]c2)sc1C. The Labute approximate surface area is 115 Å². The van der Waals surface area contributed by atoms with E-state index in [4.69, 9.17) is 4.74 Å². The molecule has 6 nitrogen and oxygen atoms in total. The van der Waals surface area contributed by atoms with Crippen LogP contribution >= 0.6 is 11.3 Å². The molecule has 0 amide bonds. The van der Waals surface area contributed by atoms with Gasteiger partial charge in [-0.15, -0.1) is 11.3 Å². The fourth-order valence-electron chi connectivity index (χ4n) is 1.61. The third-order valence-electron chi connectivity index (χ3n) is 2.62. The van der Waals surface area contributed by atoms with Gasteiger partial charge in [0.1, 0.15) is 0 Å². The van der Waals surface area contributed by atoms with Crippen molar-refractivity contribution in [1.29, 1.82) is 0 Å². The van der Waals surface area contributed by atoms with Crippen molar-refractivity contribution in [2.75, 3.05) is 11.9 Å². The van der Waals surface area contributed by atoms with Crippen LogP contribution in [0.5, 0.6) is 0 Å². The number of nitrogens with one attached hydrogen (secondary N) is 2. The first kappa shape index (κ1) is 13.5. The van der Waals surface area contributed by atoms with Crippen LogP contribution in [0.15, 0.2) is 12.4 Å².